The van der Waals surface area contributed by atoms with Gasteiger partial charge in [-0.1, -0.05) is 12.1 Å². The van der Waals surface area contributed by atoms with E-state index in [2.05, 4.69) is 10.6 Å². The maximum atomic E-state index is 12.2. The topological polar surface area (TPSA) is 70.7 Å². The quantitative estimate of drug-likeness (QED) is 0.879. The number of carbonyl (C=O) groups excluding carboxylic acids is 2. The van der Waals surface area contributed by atoms with Crippen molar-refractivity contribution in [2.45, 2.75) is 39.3 Å². The largest absolute Gasteiger partial charge is 0.444 e. The van der Waals surface area contributed by atoms with Crippen molar-refractivity contribution < 1.29 is 14.3 Å². The number of nitrogens with one attached hydrogen (secondary N) is 2. The summed E-state index contributed by atoms with van der Waals surface area (Å²) in [5.74, 6) is -0.103. The molecule has 2 amide bonds. The van der Waals surface area contributed by atoms with Crippen LogP contribution in [0.2, 0.25) is 0 Å². The Morgan fingerprint density at radius 1 is 1.35 bits per heavy atom. The Morgan fingerprint density at radius 3 is 2.74 bits per heavy atom. The van der Waals surface area contributed by atoms with Gasteiger partial charge < -0.3 is 20.3 Å². The molecule has 0 aliphatic carbocycles. The van der Waals surface area contributed by atoms with Gasteiger partial charge in [0.25, 0.3) is 0 Å². The fourth-order valence-corrected chi connectivity index (χ4v) is 2.50. The molecule has 1 aliphatic heterocycles. The molecule has 6 heteroatoms. The lowest BCUT2D eigenvalue weighted by atomic mass is 10.0. The lowest BCUT2D eigenvalue weighted by Crippen LogP contribution is -2.49. The number of amides is 2. The maximum Gasteiger partial charge on any atom is 0.410 e. The highest BCUT2D eigenvalue weighted by Gasteiger charge is 2.28. The molecule has 1 aromatic carbocycles. The van der Waals surface area contributed by atoms with Crippen molar-refractivity contribution in [2.24, 2.45) is 0 Å². The minimum Gasteiger partial charge on any atom is -0.444 e. The predicted molar refractivity (Wildman–Crippen MR) is 89.3 cm³/mol. The van der Waals surface area contributed by atoms with Gasteiger partial charge in [0.2, 0.25) is 5.91 Å². The van der Waals surface area contributed by atoms with E-state index in [-0.39, 0.29) is 18.0 Å². The number of nitrogens with zero attached hydrogens (tertiary/aromatic N) is 1. The zero-order chi connectivity index (χ0) is 17.0. The summed E-state index contributed by atoms with van der Waals surface area (Å²) in [5, 5.41) is 6.18. The van der Waals surface area contributed by atoms with E-state index in [0.717, 1.165) is 11.3 Å². The molecule has 0 aromatic heterocycles. The van der Waals surface area contributed by atoms with Crippen LogP contribution in [0.25, 0.3) is 0 Å². The van der Waals surface area contributed by atoms with Crippen LogP contribution >= 0.6 is 0 Å². The number of piperazine rings is 1. The third kappa shape index (κ3) is 5.25. The summed E-state index contributed by atoms with van der Waals surface area (Å²) in [5.41, 5.74) is 1.29. The van der Waals surface area contributed by atoms with Crippen LogP contribution in [-0.4, -0.2) is 42.1 Å². The molecule has 1 heterocycles. The molecule has 0 spiro atoms. The Balaban J connectivity index is 2.06. The number of hydrogen-bond acceptors (Lipinski definition) is 4. The SMILES string of the molecule is CC(=O)Nc1cccc(C2CN(C(=O)OC(C)(C)C)CCN2)c1. The minimum absolute atomic E-state index is 0.0185. The monoisotopic (exact) mass is 319 g/mol. The fourth-order valence-electron chi connectivity index (χ4n) is 2.50. The standard InChI is InChI=1S/C17H25N3O3/c1-12(21)19-14-7-5-6-13(10-14)15-11-20(9-8-18-15)16(22)23-17(2,3)4/h5-7,10,15,18H,8-9,11H2,1-4H3,(H,19,21). The molecule has 2 rings (SSSR count). The van der Waals surface area contributed by atoms with Crippen LogP contribution in [0, 0.1) is 0 Å². The molecule has 1 fully saturated rings. The lowest BCUT2D eigenvalue weighted by Gasteiger charge is -2.35. The van der Waals surface area contributed by atoms with Gasteiger partial charge in [-0.2, -0.15) is 0 Å². The first-order valence-corrected chi connectivity index (χ1v) is 7.83. The Kier molecular flexibility index (Phi) is 5.26. The Hall–Kier alpha value is -2.08. The van der Waals surface area contributed by atoms with Crippen LogP contribution in [0.4, 0.5) is 10.5 Å². The van der Waals surface area contributed by atoms with Crippen molar-refractivity contribution in [2.75, 3.05) is 25.0 Å². The highest BCUT2D eigenvalue weighted by Crippen LogP contribution is 2.22. The second-order valence-corrected chi connectivity index (χ2v) is 6.74. The molecule has 1 aliphatic rings. The van der Waals surface area contributed by atoms with Crippen LogP contribution in [-0.2, 0) is 9.53 Å². The molecule has 0 bridgehead atoms. The van der Waals surface area contributed by atoms with Crippen molar-refractivity contribution in [3.05, 3.63) is 29.8 Å². The van der Waals surface area contributed by atoms with Gasteiger partial charge in [0, 0.05) is 32.2 Å². The van der Waals surface area contributed by atoms with Gasteiger partial charge in [0.05, 0.1) is 6.04 Å². The Morgan fingerprint density at radius 2 is 2.09 bits per heavy atom. The number of hydrogen-bond donors (Lipinski definition) is 2. The molecule has 2 N–H and O–H groups in total. The third-order valence-corrected chi connectivity index (χ3v) is 3.44. The van der Waals surface area contributed by atoms with Crippen molar-refractivity contribution in [3.63, 3.8) is 0 Å². The van der Waals surface area contributed by atoms with E-state index in [9.17, 15) is 9.59 Å². The molecule has 23 heavy (non-hydrogen) atoms. The average molecular weight is 319 g/mol. The van der Waals surface area contributed by atoms with Crippen LogP contribution in [0.3, 0.4) is 0 Å². The lowest BCUT2D eigenvalue weighted by molar-refractivity contribution is -0.114. The molecule has 1 aromatic rings. The van der Waals surface area contributed by atoms with E-state index in [0.29, 0.717) is 19.6 Å². The normalized spacial score (nSPS) is 18.4. The Bertz CT molecular complexity index is 581. The van der Waals surface area contributed by atoms with E-state index < -0.39 is 5.60 Å². The van der Waals surface area contributed by atoms with Crippen molar-refractivity contribution in [1.82, 2.24) is 10.2 Å². The number of carbonyl (C=O) groups is 2. The van der Waals surface area contributed by atoms with Crippen molar-refractivity contribution in [1.29, 1.82) is 0 Å². The first-order valence-electron chi connectivity index (χ1n) is 7.83. The summed E-state index contributed by atoms with van der Waals surface area (Å²) in [4.78, 5) is 25.1. The van der Waals surface area contributed by atoms with Gasteiger partial charge in [0.15, 0.2) is 0 Å². The number of rotatable bonds is 2. The number of ether oxygens (including phenoxy) is 1. The van der Waals surface area contributed by atoms with E-state index in [1.807, 2.05) is 45.0 Å². The molecule has 6 nitrogen and oxygen atoms in total. The molecule has 0 radical (unpaired) electrons. The second kappa shape index (κ2) is 7.00. The van der Waals surface area contributed by atoms with Gasteiger partial charge in [-0.05, 0) is 38.5 Å². The van der Waals surface area contributed by atoms with Crippen molar-refractivity contribution in [3.8, 4) is 0 Å². The van der Waals surface area contributed by atoms with Gasteiger partial charge >= 0.3 is 6.09 Å². The summed E-state index contributed by atoms with van der Waals surface area (Å²) < 4.78 is 5.44. The third-order valence-electron chi connectivity index (χ3n) is 3.44. The van der Waals surface area contributed by atoms with Crippen LogP contribution < -0.4 is 10.6 Å². The van der Waals surface area contributed by atoms with E-state index in [4.69, 9.17) is 4.74 Å². The highest BCUT2D eigenvalue weighted by atomic mass is 16.6. The summed E-state index contributed by atoms with van der Waals surface area (Å²) in [6.45, 7) is 8.93. The molecular weight excluding hydrogens is 294 g/mol. The molecule has 126 valence electrons. The van der Waals surface area contributed by atoms with E-state index in [1.54, 1.807) is 4.90 Å². The van der Waals surface area contributed by atoms with Crippen molar-refractivity contribution >= 4 is 17.7 Å². The smallest absolute Gasteiger partial charge is 0.410 e. The summed E-state index contributed by atoms with van der Waals surface area (Å²) in [7, 11) is 0. The van der Waals surface area contributed by atoms with Gasteiger partial charge in [-0.15, -0.1) is 0 Å². The van der Waals surface area contributed by atoms with E-state index in [1.165, 1.54) is 6.92 Å². The maximum absolute atomic E-state index is 12.2. The van der Waals surface area contributed by atoms with E-state index >= 15 is 0 Å². The first kappa shape index (κ1) is 17.3. The zero-order valence-corrected chi connectivity index (χ0v) is 14.2. The van der Waals surface area contributed by atoms with Crippen LogP contribution in [0.1, 0.15) is 39.3 Å². The molecular formula is C17H25N3O3. The summed E-state index contributed by atoms with van der Waals surface area (Å²) in [6, 6.07) is 7.68. The molecule has 1 unspecified atom stereocenters. The summed E-state index contributed by atoms with van der Waals surface area (Å²) >= 11 is 0. The second-order valence-electron chi connectivity index (χ2n) is 6.74. The summed E-state index contributed by atoms with van der Waals surface area (Å²) in [6.07, 6.45) is -0.290. The fraction of sp³-hybridized carbons (Fsp3) is 0.529. The van der Waals surface area contributed by atoms with Gasteiger partial charge in [-0.25, -0.2) is 4.79 Å². The van der Waals surface area contributed by atoms with Crippen LogP contribution in [0.15, 0.2) is 24.3 Å². The molecule has 1 atom stereocenters. The van der Waals surface area contributed by atoms with Crippen LogP contribution in [0.5, 0.6) is 0 Å². The number of benzene rings is 1. The highest BCUT2D eigenvalue weighted by molar-refractivity contribution is 5.88. The minimum atomic E-state index is -0.497. The molecule has 1 saturated heterocycles. The molecule has 0 saturated carbocycles. The van der Waals surface area contributed by atoms with Gasteiger partial charge in [-0.3, -0.25) is 4.79 Å². The van der Waals surface area contributed by atoms with Gasteiger partial charge in [0.1, 0.15) is 5.60 Å². The predicted octanol–water partition coefficient (Wildman–Crippen LogP) is 2.53. The average Bonchev–Trinajstić information content (AvgIpc) is 2.45. The first-order chi connectivity index (χ1) is 10.7. The zero-order valence-electron chi connectivity index (χ0n) is 14.2. The Labute approximate surface area is 137 Å². The number of anilines is 1.